The number of nitrogens with zero attached hydrogens (tertiary/aromatic N) is 4. The molecular formula is C14H12ClN5OS. The van der Waals surface area contributed by atoms with Crippen molar-refractivity contribution in [2.24, 2.45) is 0 Å². The fraction of sp³-hybridized carbons (Fsp3) is 0.286. The van der Waals surface area contributed by atoms with Crippen LogP contribution in [0.2, 0.25) is 5.02 Å². The number of rotatable bonds is 3. The number of aromatic nitrogens is 4. The van der Waals surface area contributed by atoms with Crippen molar-refractivity contribution in [2.75, 3.05) is 5.32 Å². The normalized spacial score (nSPS) is 14.5. The predicted octanol–water partition coefficient (Wildman–Crippen LogP) is 3.28. The summed E-state index contributed by atoms with van der Waals surface area (Å²) in [7, 11) is 0. The summed E-state index contributed by atoms with van der Waals surface area (Å²) in [6.07, 6.45) is 2.23. The largest absolute Gasteiger partial charge is 0.320 e. The minimum absolute atomic E-state index is 0.261. The van der Waals surface area contributed by atoms with Crippen LogP contribution in [0.4, 0.5) is 5.69 Å². The number of nitrogens with one attached hydrogen (secondary N) is 1. The molecule has 112 valence electrons. The second kappa shape index (κ2) is 5.03. The zero-order chi connectivity index (χ0) is 15.3. The zero-order valence-electron chi connectivity index (χ0n) is 11.7. The van der Waals surface area contributed by atoms with E-state index >= 15 is 0 Å². The predicted molar refractivity (Wildman–Crippen MR) is 84.8 cm³/mol. The Hall–Kier alpha value is -1.99. The molecule has 8 heteroatoms. The molecule has 1 aliphatic carbocycles. The van der Waals surface area contributed by atoms with E-state index in [0.717, 1.165) is 24.2 Å². The molecule has 0 aliphatic heterocycles. The molecule has 22 heavy (non-hydrogen) atoms. The van der Waals surface area contributed by atoms with Crippen molar-refractivity contribution in [2.45, 2.75) is 25.7 Å². The number of halogens is 1. The lowest BCUT2D eigenvalue weighted by Crippen LogP contribution is -2.13. The van der Waals surface area contributed by atoms with Crippen molar-refractivity contribution >= 4 is 39.5 Å². The highest BCUT2D eigenvalue weighted by molar-refractivity contribution is 7.18. The third-order valence-corrected chi connectivity index (χ3v) is 4.97. The first-order valence-corrected chi connectivity index (χ1v) is 8.11. The Labute approximate surface area is 135 Å². The van der Waals surface area contributed by atoms with E-state index in [9.17, 15) is 4.79 Å². The maximum atomic E-state index is 12.4. The number of anilines is 1. The third kappa shape index (κ3) is 2.26. The van der Waals surface area contributed by atoms with Crippen LogP contribution < -0.4 is 5.32 Å². The molecule has 0 bridgehead atoms. The van der Waals surface area contributed by atoms with Crippen molar-refractivity contribution in [1.82, 2.24) is 19.8 Å². The Bertz CT molecular complexity index is 883. The summed E-state index contributed by atoms with van der Waals surface area (Å²) < 4.78 is 1.68. The van der Waals surface area contributed by atoms with Crippen molar-refractivity contribution in [1.29, 1.82) is 0 Å². The maximum Gasteiger partial charge on any atom is 0.286 e. The van der Waals surface area contributed by atoms with Crippen molar-refractivity contribution in [3.63, 3.8) is 0 Å². The summed E-state index contributed by atoms with van der Waals surface area (Å²) in [6, 6.07) is 5.40. The minimum Gasteiger partial charge on any atom is -0.320 e. The van der Waals surface area contributed by atoms with Gasteiger partial charge in [0.15, 0.2) is 5.82 Å². The molecule has 0 spiro atoms. The quantitative estimate of drug-likeness (QED) is 0.798. The summed E-state index contributed by atoms with van der Waals surface area (Å²) in [5.74, 6) is 1.02. The van der Waals surface area contributed by atoms with Gasteiger partial charge in [-0.15, -0.1) is 15.3 Å². The molecule has 0 saturated heterocycles. The van der Waals surface area contributed by atoms with Gasteiger partial charge in [0.25, 0.3) is 5.91 Å². The molecule has 4 rings (SSSR count). The highest BCUT2D eigenvalue weighted by atomic mass is 35.5. The first-order chi connectivity index (χ1) is 10.6. The Morgan fingerprint density at radius 3 is 3.00 bits per heavy atom. The van der Waals surface area contributed by atoms with Gasteiger partial charge in [-0.3, -0.25) is 4.79 Å². The van der Waals surface area contributed by atoms with Crippen LogP contribution in [0.15, 0.2) is 18.2 Å². The van der Waals surface area contributed by atoms with Crippen molar-refractivity contribution < 1.29 is 4.79 Å². The number of carbonyl (C=O) groups is 1. The van der Waals surface area contributed by atoms with Gasteiger partial charge in [0.05, 0.1) is 0 Å². The molecular weight excluding hydrogens is 322 g/mol. The Balaban J connectivity index is 1.63. The summed E-state index contributed by atoms with van der Waals surface area (Å²) in [5.41, 5.74) is 1.52. The SMILES string of the molecule is Cc1c(Cl)cccc1NC(=O)c1nn2c(C3CC3)nnc2s1. The lowest BCUT2D eigenvalue weighted by molar-refractivity contribution is 0.102. The van der Waals surface area contributed by atoms with E-state index < -0.39 is 0 Å². The van der Waals surface area contributed by atoms with E-state index in [1.165, 1.54) is 11.3 Å². The van der Waals surface area contributed by atoms with Gasteiger partial charge in [0, 0.05) is 16.6 Å². The molecule has 1 aromatic carbocycles. The molecule has 2 heterocycles. The molecule has 1 N–H and O–H groups in total. The van der Waals surface area contributed by atoms with Crippen LogP contribution in [0.5, 0.6) is 0 Å². The topological polar surface area (TPSA) is 72.2 Å². The van der Waals surface area contributed by atoms with Gasteiger partial charge in [-0.2, -0.15) is 4.52 Å². The van der Waals surface area contributed by atoms with Crippen LogP contribution in [0.3, 0.4) is 0 Å². The molecule has 6 nitrogen and oxygen atoms in total. The molecule has 3 aromatic rings. The third-order valence-electron chi connectivity index (χ3n) is 3.67. The Kier molecular flexibility index (Phi) is 3.12. The average molecular weight is 334 g/mol. The van der Waals surface area contributed by atoms with Gasteiger partial charge in [0.1, 0.15) is 0 Å². The molecule has 1 amide bonds. The Morgan fingerprint density at radius 1 is 1.41 bits per heavy atom. The van der Waals surface area contributed by atoms with Gasteiger partial charge in [-0.25, -0.2) is 0 Å². The van der Waals surface area contributed by atoms with Gasteiger partial charge >= 0.3 is 0 Å². The second-order valence-corrected chi connectivity index (χ2v) is 6.66. The smallest absolute Gasteiger partial charge is 0.286 e. The van der Waals surface area contributed by atoms with Crippen LogP contribution in [0.25, 0.3) is 4.96 Å². The summed E-state index contributed by atoms with van der Waals surface area (Å²) in [5, 5.41) is 16.4. The molecule has 0 atom stereocenters. The number of hydrogen-bond acceptors (Lipinski definition) is 5. The number of amides is 1. The second-order valence-electron chi connectivity index (χ2n) is 5.30. The monoisotopic (exact) mass is 333 g/mol. The zero-order valence-corrected chi connectivity index (χ0v) is 13.3. The van der Waals surface area contributed by atoms with E-state index in [1.54, 1.807) is 16.6 Å². The van der Waals surface area contributed by atoms with E-state index in [2.05, 4.69) is 20.6 Å². The van der Waals surface area contributed by atoms with Crippen LogP contribution in [0, 0.1) is 6.92 Å². The van der Waals surface area contributed by atoms with Crippen LogP contribution in [-0.2, 0) is 0 Å². The van der Waals surface area contributed by atoms with Gasteiger partial charge in [0.2, 0.25) is 9.97 Å². The highest BCUT2D eigenvalue weighted by Gasteiger charge is 2.30. The first kappa shape index (κ1) is 13.7. The minimum atomic E-state index is -0.261. The van der Waals surface area contributed by atoms with Gasteiger partial charge in [-0.05, 0) is 37.5 Å². The molecule has 1 saturated carbocycles. The van der Waals surface area contributed by atoms with E-state index in [0.29, 0.717) is 26.6 Å². The lowest BCUT2D eigenvalue weighted by atomic mass is 10.2. The fourth-order valence-corrected chi connectivity index (χ4v) is 3.15. The standard InChI is InChI=1S/C14H12ClN5OS/c1-7-9(15)3-2-4-10(7)16-12(21)13-19-20-11(8-5-6-8)17-18-14(20)22-13/h2-4,8H,5-6H2,1H3,(H,16,21). The number of carbonyl (C=O) groups excluding carboxylic acids is 1. The maximum absolute atomic E-state index is 12.4. The van der Waals surface area contributed by atoms with Crippen molar-refractivity contribution in [3.8, 4) is 0 Å². The lowest BCUT2D eigenvalue weighted by Gasteiger charge is -2.07. The van der Waals surface area contributed by atoms with E-state index in [-0.39, 0.29) is 5.91 Å². The molecule has 2 aromatic heterocycles. The van der Waals surface area contributed by atoms with Gasteiger partial charge < -0.3 is 5.32 Å². The number of fused-ring (bicyclic) bond motifs is 1. The fourth-order valence-electron chi connectivity index (χ4n) is 2.24. The summed E-state index contributed by atoms with van der Waals surface area (Å²) in [4.78, 5) is 13.0. The Morgan fingerprint density at radius 2 is 2.23 bits per heavy atom. The van der Waals surface area contributed by atoms with Crippen LogP contribution in [-0.4, -0.2) is 25.7 Å². The number of hydrogen-bond donors (Lipinski definition) is 1. The molecule has 0 unspecified atom stereocenters. The molecule has 1 fully saturated rings. The summed E-state index contributed by atoms with van der Waals surface area (Å²) in [6.45, 7) is 1.86. The van der Waals surface area contributed by atoms with E-state index in [1.807, 2.05) is 13.0 Å². The van der Waals surface area contributed by atoms with E-state index in [4.69, 9.17) is 11.6 Å². The van der Waals surface area contributed by atoms with Crippen molar-refractivity contribution in [3.05, 3.63) is 39.6 Å². The van der Waals surface area contributed by atoms with Gasteiger partial charge in [-0.1, -0.05) is 29.0 Å². The van der Waals surface area contributed by atoms with Crippen LogP contribution >= 0.6 is 22.9 Å². The number of benzene rings is 1. The molecule has 1 aliphatic rings. The molecule has 0 radical (unpaired) electrons. The average Bonchev–Trinajstić information content (AvgIpc) is 3.11. The summed E-state index contributed by atoms with van der Waals surface area (Å²) >= 11 is 7.30. The van der Waals surface area contributed by atoms with Crippen LogP contribution in [0.1, 0.15) is 39.9 Å². The highest BCUT2D eigenvalue weighted by Crippen LogP contribution is 2.39. The first-order valence-electron chi connectivity index (χ1n) is 6.92.